The standard InChI is InChI=1S/C22H18F2N6O2/c1-13(17-18(27-8-7-26-17)19-28-5-2-6-29-19)30-20(31)14-9-15(22(12-25)3-4-22)11-16(10-14)32-21(23)24/h2,5-11,13,21H,3-4H2,1H3,(H,30,31). The number of nitrogens with zero attached hydrogens (tertiary/aromatic N) is 5. The fourth-order valence-corrected chi connectivity index (χ4v) is 3.38. The van der Waals surface area contributed by atoms with Gasteiger partial charge in [0.25, 0.3) is 5.91 Å². The molecule has 0 saturated heterocycles. The highest BCUT2D eigenvalue weighted by atomic mass is 19.3. The summed E-state index contributed by atoms with van der Waals surface area (Å²) >= 11 is 0. The summed E-state index contributed by atoms with van der Waals surface area (Å²) in [6, 6.07) is 7.42. The number of rotatable bonds is 7. The second-order valence-electron chi connectivity index (χ2n) is 7.38. The maximum absolute atomic E-state index is 13.0. The molecule has 2 heterocycles. The van der Waals surface area contributed by atoms with Crippen molar-refractivity contribution in [2.75, 3.05) is 0 Å². The summed E-state index contributed by atoms with van der Waals surface area (Å²) in [5.41, 5.74) is 0.674. The van der Waals surface area contributed by atoms with Gasteiger partial charge in [0, 0.05) is 30.4 Å². The second kappa shape index (κ2) is 8.63. The van der Waals surface area contributed by atoms with Gasteiger partial charge in [0.1, 0.15) is 11.4 Å². The Balaban J connectivity index is 1.62. The van der Waals surface area contributed by atoms with Crippen LogP contribution in [0.4, 0.5) is 8.78 Å². The van der Waals surface area contributed by atoms with Crippen LogP contribution in [0.2, 0.25) is 0 Å². The van der Waals surface area contributed by atoms with Crippen molar-refractivity contribution in [3.8, 4) is 23.3 Å². The molecule has 1 saturated carbocycles. The van der Waals surface area contributed by atoms with Crippen LogP contribution < -0.4 is 10.1 Å². The summed E-state index contributed by atoms with van der Waals surface area (Å²) in [6.07, 6.45) is 7.33. The summed E-state index contributed by atoms with van der Waals surface area (Å²) in [7, 11) is 0. The van der Waals surface area contributed by atoms with E-state index < -0.39 is 24.0 Å². The van der Waals surface area contributed by atoms with E-state index in [2.05, 4.69) is 36.1 Å². The highest BCUT2D eigenvalue weighted by Crippen LogP contribution is 2.48. The Morgan fingerprint density at radius 2 is 1.84 bits per heavy atom. The first-order valence-corrected chi connectivity index (χ1v) is 9.83. The maximum Gasteiger partial charge on any atom is 0.387 e. The van der Waals surface area contributed by atoms with Crippen molar-refractivity contribution in [2.24, 2.45) is 0 Å². The number of carbonyl (C=O) groups excluding carboxylic acids is 1. The minimum absolute atomic E-state index is 0.105. The number of alkyl halides is 2. The predicted octanol–water partition coefficient (Wildman–Crippen LogP) is 3.58. The van der Waals surface area contributed by atoms with Crippen molar-refractivity contribution in [3.05, 3.63) is 65.9 Å². The van der Waals surface area contributed by atoms with Crippen LogP contribution in [0.3, 0.4) is 0 Å². The molecule has 2 aromatic heterocycles. The van der Waals surface area contributed by atoms with E-state index in [1.165, 1.54) is 30.6 Å². The Morgan fingerprint density at radius 3 is 2.50 bits per heavy atom. The van der Waals surface area contributed by atoms with E-state index in [1.807, 2.05) is 0 Å². The molecule has 10 heteroatoms. The topological polar surface area (TPSA) is 114 Å². The minimum atomic E-state index is -3.05. The SMILES string of the molecule is CC(NC(=O)c1cc(OC(F)F)cc(C2(C#N)CC2)c1)c1nccnc1-c1ncccn1. The molecule has 1 aromatic carbocycles. The van der Waals surface area contributed by atoms with Crippen LogP contribution in [0.5, 0.6) is 5.75 Å². The molecule has 32 heavy (non-hydrogen) atoms. The number of ether oxygens (including phenoxy) is 1. The van der Waals surface area contributed by atoms with Crippen LogP contribution in [-0.4, -0.2) is 32.5 Å². The van der Waals surface area contributed by atoms with Crippen molar-refractivity contribution in [1.82, 2.24) is 25.3 Å². The lowest BCUT2D eigenvalue weighted by Gasteiger charge is -2.17. The van der Waals surface area contributed by atoms with Gasteiger partial charge in [0.05, 0.1) is 23.2 Å². The van der Waals surface area contributed by atoms with Gasteiger partial charge in [-0.25, -0.2) is 15.0 Å². The lowest BCUT2D eigenvalue weighted by Crippen LogP contribution is -2.28. The lowest BCUT2D eigenvalue weighted by atomic mass is 9.95. The van der Waals surface area contributed by atoms with Crippen LogP contribution in [0.25, 0.3) is 11.5 Å². The summed E-state index contributed by atoms with van der Waals surface area (Å²) in [6.45, 7) is -1.34. The minimum Gasteiger partial charge on any atom is -0.435 e. The Morgan fingerprint density at radius 1 is 1.12 bits per heavy atom. The number of halogens is 2. The molecule has 1 unspecified atom stereocenters. The molecule has 1 N–H and O–H groups in total. The number of hydrogen-bond acceptors (Lipinski definition) is 7. The fourth-order valence-electron chi connectivity index (χ4n) is 3.38. The molecular formula is C22H18F2N6O2. The van der Waals surface area contributed by atoms with Crippen LogP contribution in [0.15, 0.2) is 49.1 Å². The third kappa shape index (κ3) is 4.37. The van der Waals surface area contributed by atoms with Crippen LogP contribution >= 0.6 is 0 Å². The molecule has 4 rings (SSSR count). The van der Waals surface area contributed by atoms with Gasteiger partial charge < -0.3 is 10.1 Å². The molecule has 8 nitrogen and oxygen atoms in total. The number of nitriles is 1. The second-order valence-corrected chi connectivity index (χ2v) is 7.38. The normalized spacial score (nSPS) is 15.0. The number of nitrogens with one attached hydrogen (secondary N) is 1. The van der Waals surface area contributed by atoms with E-state index in [-0.39, 0.29) is 11.3 Å². The highest BCUT2D eigenvalue weighted by Gasteiger charge is 2.45. The van der Waals surface area contributed by atoms with Gasteiger partial charge in [-0.1, -0.05) is 0 Å². The molecule has 1 atom stereocenters. The van der Waals surface area contributed by atoms with Crippen molar-refractivity contribution >= 4 is 5.91 Å². The van der Waals surface area contributed by atoms with Gasteiger partial charge in [-0.2, -0.15) is 14.0 Å². The number of hydrogen-bond donors (Lipinski definition) is 1. The van der Waals surface area contributed by atoms with Crippen LogP contribution in [0.1, 0.15) is 47.4 Å². The van der Waals surface area contributed by atoms with Crippen molar-refractivity contribution in [2.45, 2.75) is 37.8 Å². The number of amides is 1. The van der Waals surface area contributed by atoms with E-state index in [0.717, 1.165) is 0 Å². The summed E-state index contributed by atoms with van der Waals surface area (Å²) < 4.78 is 30.1. The maximum atomic E-state index is 13.0. The molecule has 0 spiro atoms. The Bertz CT molecular complexity index is 1180. The zero-order chi connectivity index (χ0) is 22.7. The van der Waals surface area contributed by atoms with E-state index >= 15 is 0 Å². The molecule has 1 aliphatic rings. The van der Waals surface area contributed by atoms with E-state index in [1.54, 1.807) is 25.4 Å². The van der Waals surface area contributed by atoms with Crippen molar-refractivity contribution in [3.63, 3.8) is 0 Å². The first-order valence-electron chi connectivity index (χ1n) is 9.83. The highest BCUT2D eigenvalue weighted by molar-refractivity contribution is 5.95. The molecule has 162 valence electrons. The Hall–Kier alpha value is -4.00. The molecule has 0 aliphatic heterocycles. The lowest BCUT2D eigenvalue weighted by molar-refractivity contribution is -0.0499. The van der Waals surface area contributed by atoms with Gasteiger partial charge in [-0.15, -0.1) is 0 Å². The first kappa shape index (κ1) is 21.2. The Labute approximate surface area is 182 Å². The largest absolute Gasteiger partial charge is 0.435 e. The number of benzene rings is 1. The fraction of sp³-hybridized carbons (Fsp3) is 0.273. The molecule has 0 radical (unpaired) electrons. The van der Waals surface area contributed by atoms with Crippen LogP contribution in [-0.2, 0) is 5.41 Å². The van der Waals surface area contributed by atoms with Gasteiger partial charge in [-0.05, 0) is 49.6 Å². The summed E-state index contributed by atoms with van der Waals surface area (Å²) in [5, 5.41) is 12.3. The van der Waals surface area contributed by atoms with Crippen LogP contribution in [0, 0.1) is 11.3 Å². The van der Waals surface area contributed by atoms with E-state index in [4.69, 9.17) is 0 Å². The summed E-state index contributed by atoms with van der Waals surface area (Å²) in [5.74, 6) is -0.344. The average molecular weight is 436 g/mol. The molecular weight excluding hydrogens is 418 g/mol. The van der Waals surface area contributed by atoms with Crippen molar-refractivity contribution < 1.29 is 18.3 Å². The van der Waals surface area contributed by atoms with E-state index in [9.17, 15) is 18.8 Å². The zero-order valence-electron chi connectivity index (χ0n) is 17.0. The first-order chi connectivity index (χ1) is 15.4. The Kier molecular flexibility index (Phi) is 5.73. The smallest absolute Gasteiger partial charge is 0.387 e. The third-order valence-electron chi connectivity index (χ3n) is 5.17. The number of carbonyl (C=O) groups is 1. The molecule has 1 fully saturated rings. The molecule has 3 aromatic rings. The van der Waals surface area contributed by atoms with Gasteiger partial charge in [0.2, 0.25) is 0 Å². The van der Waals surface area contributed by atoms with Gasteiger partial charge in [-0.3, -0.25) is 9.78 Å². The van der Waals surface area contributed by atoms with Gasteiger partial charge >= 0.3 is 6.61 Å². The molecule has 0 bridgehead atoms. The quantitative estimate of drug-likeness (QED) is 0.602. The molecule has 1 amide bonds. The average Bonchev–Trinajstić information content (AvgIpc) is 3.60. The van der Waals surface area contributed by atoms with E-state index in [0.29, 0.717) is 35.6 Å². The zero-order valence-corrected chi connectivity index (χ0v) is 17.0. The van der Waals surface area contributed by atoms with Crippen molar-refractivity contribution in [1.29, 1.82) is 5.26 Å². The molecule has 1 aliphatic carbocycles. The van der Waals surface area contributed by atoms with Gasteiger partial charge in [0.15, 0.2) is 5.82 Å². The third-order valence-corrected chi connectivity index (χ3v) is 5.17. The monoisotopic (exact) mass is 436 g/mol. The number of aromatic nitrogens is 4. The predicted molar refractivity (Wildman–Crippen MR) is 109 cm³/mol. The summed E-state index contributed by atoms with van der Waals surface area (Å²) in [4.78, 5) is 29.9.